The number of amides is 1. The summed E-state index contributed by atoms with van der Waals surface area (Å²) in [5.74, 6) is -0.593. The lowest BCUT2D eigenvalue weighted by atomic mass is 10.1. The average Bonchev–Trinajstić information content (AvgIpc) is 2.65. The van der Waals surface area contributed by atoms with Crippen molar-refractivity contribution in [1.82, 2.24) is 0 Å². The van der Waals surface area contributed by atoms with Gasteiger partial charge < -0.3 is 10.1 Å². The monoisotopic (exact) mass is 469 g/mol. The van der Waals surface area contributed by atoms with Crippen LogP contribution < -0.4 is 10.1 Å². The predicted octanol–water partition coefficient (Wildman–Crippen LogP) is 4.93. The van der Waals surface area contributed by atoms with E-state index in [0.29, 0.717) is 21.9 Å². The highest BCUT2D eigenvalue weighted by molar-refractivity contribution is 9.10. The van der Waals surface area contributed by atoms with Crippen molar-refractivity contribution in [3.8, 4) is 11.8 Å². The van der Waals surface area contributed by atoms with Gasteiger partial charge in [0.25, 0.3) is 11.6 Å². The Bertz CT molecular complexity index is 1050. The third-order valence-corrected chi connectivity index (χ3v) is 4.24. The van der Waals surface area contributed by atoms with Gasteiger partial charge in [-0.2, -0.15) is 18.4 Å². The second-order valence-electron chi connectivity index (χ2n) is 5.50. The molecule has 0 radical (unpaired) electrons. The molecule has 29 heavy (non-hydrogen) atoms. The number of methoxy groups -OCH3 is 1. The van der Waals surface area contributed by atoms with Gasteiger partial charge in [-0.25, -0.2) is 0 Å². The number of non-ortho nitro benzene ring substituents is 1. The van der Waals surface area contributed by atoms with Gasteiger partial charge in [0.15, 0.2) is 0 Å². The van der Waals surface area contributed by atoms with Crippen LogP contribution in [0.2, 0.25) is 0 Å². The Labute approximate surface area is 170 Å². The molecule has 1 amide bonds. The molecule has 0 saturated carbocycles. The third kappa shape index (κ3) is 5.32. The van der Waals surface area contributed by atoms with E-state index >= 15 is 0 Å². The molecule has 150 valence electrons. The minimum Gasteiger partial charge on any atom is -0.496 e. The molecule has 0 aliphatic carbocycles. The van der Waals surface area contributed by atoms with Gasteiger partial charge in [0.1, 0.15) is 17.4 Å². The van der Waals surface area contributed by atoms with Gasteiger partial charge in [-0.3, -0.25) is 14.9 Å². The maximum Gasteiger partial charge on any atom is 0.418 e. The van der Waals surface area contributed by atoms with E-state index in [9.17, 15) is 33.3 Å². The summed E-state index contributed by atoms with van der Waals surface area (Å²) in [5, 5.41) is 21.9. The summed E-state index contributed by atoms with van der Waals surface area (Å²) in [5.41, 5.74) is -2.93. The fourth-order valence-corrected chi connectivity index (χ4v) is 2.83. The Balaban J connectivity index is 2.38. The van der Waals surface area contributed by atoms with Crippen LogP contribution in [0, 0.1) is 21.4 Å². The number of carbonyl (C=O) groups is 1. The van der Waals surface area contributed by atoms with E-state index in [2.05, 4.69) is 15.9 Å². The van der Waals surface area contributed by atoms with E-state index in [1.807, 2.05) is 5.32 Å². The van der Waals surface area contributed by atoms with Crippen LogP contribution in [0.1, 0.15) is 11.1 Å². The van der Waals surface area contributed by atoms with Crippen LogP contribution in [0.4, 0.5) is 24.5 Å². The van der Waals surface area contributed by atoms with Crippen LogP contribution in [0.25, 0.3) is 6.08 Å². The van der Waals surface area contributed by atoms with Crippen molar-refractivity contribution < 1.29 is 27.6 Å². The first-order valence-electron chi connectivity index (χ1n) is 7.69. The molecule has 0 fully saturated rings. The number of halogens is 4. The Morgan fingerprint density at radius 2 is 2.00 bits per heavy atom. The lowest BCUT2D eigenvalue weighted by Crippen LogP contribution is -2.18. The van der Waals surface area contributed by atoms with Crippen molar-refractivity contribution in [2.75, 3.05) is 12.4 Å². The summed E-state index contributed by atoms with van der Waals surface area (Å²) < 4.78 is 45.3. The Morgan fingerprint density at radius 3 is 2.52 bits per heavy atom. The summed E-state index contributed by atoms with van der Waals surface area (Å²) in [4.78, 5) is 22.1. The minimum absolute atomic E-state index is 0.311. The second kappa shape index (κ2) is 8.74. The molecule has 0 atom stereocenters. The number of nitrogens with zero attached hydrogens (tertiary/aromatic N) is 2. The van der Waals surface area contributed by atoms with E-state index < -0.39 is 39.5 Å². The molecule has 1 N–H and O–H groups in total. The van der Waals surface area contributed by atoms with Crippen molar-refractivity contribution in [2.45, 2.75) is 6.18 Å². The minimum atomic E-state index is -4.95. The zero-order valence-corrected chi connectivity index (χ0v) is 16.2. The molecular weight excluding hydrogens is 459 g/mol. The molecule has 0 aromatic heterocycles. The Kier molecular flexibility index (Phi) is 6.60. The van der Waals surface area contributed by atoms with Gasteiger partial charge in [-0.15, -0.1) is 0 Å². The first-order valence-corrected chi connectivity index (χ1v) is 8.48. The van der Waals surface area contributed by atoms with Gasteiger partial charge in [0.2, 0.25) is 0 Å². The number of nitro groups is 1. The van der Waals surface area contributed by atoms with Gasteiger partial charge in [-0.05, 0) is 45.8 Å². The average molecular weight is 470 g/mol. The molecule has 0 heterocycles. The molecule has 0 aliphatic heterocycles. The van der Waals surface area contributed by atoms with E-state index in [-0.39, 0.29) is 0 Å². The summed E-state index contributed by atoms with van der Waals surface area (Å²) in [6.07, 6.45) is -3.77. The molecule has 7 nitrogen and oxygen atoms in total. The van der Waals surface area contributed by atoms with Crippen LogP contribution in [0.5, 0.6) is 5.75 Å². The summed E-state index contributed by atoms with van der Waals surface area (Å²) in [6, 6.07) is 8.18. The van der Waals surface area contributed by atoms with Gasteiger partial charge in [-0.1, -0.05) is 6.07 Å². The van der Waals surface area contributed by atoms with E-state index in [0.717, 1.165) is 12.1 Å². The predicted molar refractivity (Wildman–Crippen MR) is 101 cm³/mol. The van der Waals surface area contributed by atoms with E-state index in [4.69, 9.17) is 4.74 Å². The number of hydrogen-bond acceptors (Lipinski definition) is 5. The van der Waals surface area contributed by atoms with Crippen LogP contribution in [-0.2, 0) is 11.0 Å². The van der Waals surface area contributed by atoms with Crippen molar-refractivity contribution in [2.24, 2.45) is 0 Å². The van der Waals surface area contributed by atoms with Crippen LogP contribution in [-0.4, -0.2) is 17.9 Å². The number of hydrogen-bond donors (Lipinski definition) is 1. The van der Waals surface area contributed by atoms with Gasteiger partial charge in [0.05, 0.1) is 27.8 Å². The third-order valence-electron chi connectivity index (χ3n) is 3.62. The molecule has 0 saturated heterocycles. The van der Waals surface area contributed by atoms with Crippen molar-refractivity contribution in [1.29, 1.82) is 5.26 Å². The number of anilines is 1. The highest BCUT2D eigenvalue weighted by atomic mass is 79.9. The highest BCUT2D eigenvalue weighted by Gasteiger charge is 2.35. The lowest BCUT2D eigenvalue weighted by Gasteiger charge is -2.13. The topological polar surface area (TPSA) is 105 Å². The molecule has 11 heteroatoms. The number of carbonyl (C=O) groups excluding carboxylic acids is 1. The number of alkyl halides is 3. The Morgan fingerprint density at radius 1 is 1.31 bits per heavy atom. The molecule has 0 unspecified atom stereocenters. The first kappa shape index (κ1) is 21.9. The molecule has 2 rings (SSSR count). The molecule has 2 aromatic rings. The number of nitro benzene ring substituents is 1. The first-order chi connectivity index (χ1) is 13.6. The fraction of sp³-hybridized carbons (Fsp3) is 0.111. The summed E-state index contributed by atoms with van der Waals surface area (Å²) in [6.45, 7) is 0. The Hall–Kier alpha value is -3.39. The maximum atomic E-state index is 13.2. The van der Waals surface area contributed by atoms with Crippen molar-refractivity contribution in [3.63, 3.8) is 0 Å². The lowest BCUT2D eigenvalue weighted by molar-refractivity contribution is -0.385. The number of ether oxygens (including phenoxy) is 1. The van der Waals surface area contributed by atoms with Crippen LogP contribution >= 0.6 is 15.9 Å². The largest absolute Gasteiger partial charge is 0.496 e. The SMILES string of the molecule is COc1ccc(/C=C(\C#N)C(=O)Nc2ccc([N+](=O)[O-])cc2C(F)(F)F)cc1Br. The van der Waals surface area contributed by atoms with Crippen LogP contribution in [0.15, 0.2) is 46.4 Å². The normalized spacial score (nSPS) is 11.5. The maximum absolute atomic E-state index is 13.2. The highest BCUT2D eigenvalue weighted by Crippen LogP contribution is 2.37. The van der Waals surface area contributed by atoms with Crippen molar-refractivity contribution in [3.05, 3.63) is 67.7 Å². The molecular formula is C18H11BrF3N3O4. The number of rotatable bonds is 5. The smallest absolute Gasteiger partial charge is 0.418 e. The van der Waals surface area contributed by atoms with Crippen molar-refractivity contribution >= 4 is 39.3 Å². The fourth-order valence-electron chi connectivity index (χ4n) is 2.27. The molecule has 0 spiro atoms. The standard InChI is InChI=1S/C18H11BrF3N3O4/c1-29-16-5-2-10(7-14(16)19)6-11(9-23)17(26)24-15-4-3-12(25(27)28)8-13(15)18(20,21)22/h2-8H,1H3,(H,24,26)/b11-6+. The van der Waals surface area contributed by atoms with Gasteiger partial charge in [0, 0.05) is 12.1 Å². The molecule has 0 aliphatic rings. The van der Waals surface area contributed by atoms with E-state index in [1.54, 1.807) is 24.3 Å². The molecule has 0 bridgehead atoms. The second-order valence-corrected chi connectivity index (χ2v) is 6.36. The van der Waals surface area contributed by atoms with Gasteiger partial charge >= 0.3 is 6.18 Å². The summed E-state index contributed by atoms with van der Waals surface area (Å²) in [7, 11) is 1.45. The van der Waals surface area contributed by atoms with E-state index in [1.165, 1.54) is 13.2 Å². The zero-order chi connectivity index (χ0) is 21.8. The van der Waals surface area contributed by atoms with Crippen LogP contribution in [0.3, 0.4) is 0 Å². The quantitative estimate of drug-likeness (QED) is 0.289. The zero-order valence-electron chi connectivity index (χ0n) is 14.6. The number of nitrogens with one attached hydrogen (secondary N) is 1. The molecule has 2 aromatic carbocycles. The number of nitriles is 1. The summed E-state index contributed by atoms with van der Waals surface area (Å²) >= 11 is 3.24. The number of benzene rings is 2.